The van der Waals surface area contributed by atoms with Crippen molar-refractivity contribution in [1.29, 1.82) is 0 Å². The highest BCUT2D eigenvalue weighted by atomic mass is 32.1. The van der Waals surface area contributed by atoms with E-state index in [1.165, 1.54) is 42.9 Å². The first-order valence-electron chi connectivity index (χ1n) is 11.2. The first-order valence-corrected chi connectivity index (χ1v) is 12.1. The topological polar surface area (TPSA) is 28.6 Å². The fourth-order valence-electron chi connectivity index (χ4n) is 6.00. The van der Waals surface area contributed by atoms with Crippen LogP contribution in [-0.4, -0.2) is 36.2 Å². The van der Waals surface area contributed by atoms with E-state index in [2.05, 4.69) is 38.0 Å². The lowest BCUT2D eigenvalue weighted by atomic mass is 9.49. The zero-order valence-corrected chi connectivity index (χ0v) is 19.2. The molecule has 2 saturated carbocycles. The number of thiazole rings is 1. The van der Waals surface area contributed by atoms with E-state index in [9.17, 15) is 0 Å². The smallest absolute Gasteiger partial charge is 0.185 e. The summed E-state index contributed by atoms with van der Waals surface area (Å²) in [5, 5.41) is 5.60. The summed E-state index contributed by atoms with van der Waals surface area (Å²) in [7, 11) is 0. The second kappa shape index (κ2) is 7.88. The van der Waals surface area contributed by atoms with E-state index >= 15 is 0 Å². The lowest BCUT2D eigenvalue weighted by Gasteiger charge is -2.55. The van der Waals surface area contributed by atoms with Crippen LogP contribution < -0.4 is 4.90 Å². The van der Waals surface area contributed by atoms with Crippen molar-refractivity contribution in [3.8, 4) is 0 Å². The quantitative estimate of drug-likeness (QED) is 0.641. The summed E-state index contributed by atoms with van der Waals surface area (Å²) in [6, 6.07) is 0. The fourth-order valence-corrected chi connectivity index (χ4v) is 6.96. The maximum Gasteiger partial charge on any atom is 0.185 e. The molecule has 3 aliphatic rings. The van der Waals surface area contributed by atoms with Gasteiger partial charge in [0.15, 0.2) is 5.13 Å². The van der Waals surface area contributed by atoms with Gasteiger partial charge in [-0.05, 0) is 61.7 Å². The average molecular weight is 405 g/mol. The van der Waals surface area contributed by atoms with Crippen molar-refractivity contribution in [3.05, 3.63) is 17.7 Å². The summed E-state index contributed by atoms with van der Waals surface area (Å²) in [4.78, 5) is 13.1. The molecule has 1 aliphatic heterocycles. The number of rotatable bonds is 4. The van der Waals surface area contributed by atoms with Gasteiger partial charge in [-0.15, -0.1) is 11.3 Å². The normalized spacial score (nSPS) is 32.9. The Morgan fingerprint density at radius 3 is 2.39 bits per heavy atom. The van der Waals surface area contributed by atoms with Crippen LogP contribution in [0, 0.1) is 29.3 Å². The minimum Gasteiger partial charge on any atom is -0.345 e. The Kier molecular flexibility index (Phi) is 5.80. The Bertz CT molecular complexity index is 663. The van der Waals surface area contributed by atoms with Crippen LogP contribution in [0.4, 0.5) is 5.13 Å². The highest BCUT2D eigenvalue weighted by molar-refractivity contribution is 7.13. The van der Waals surface area contributed by atoms with Crippen molar-refractivity contribution in [1.82, 2.24) is 10.0 Å². The van der Waals surface area contributed by atoms with Crippen LogP contribution in [0.3, 0.4) is 0 Å². The molecule has 3 fully saturated rings. The fraction of sp³-hybridized carbons (Fsp3) is 0.826. The van der Waals surface area contributed by atoms with Crippen molar-refractivity contribution in [2.24, 2.45) is 22.7 Å². The number of piperazine rings is 1. The van der Waals surface area contributed by atoms with E-state index in [1.807, 2.05) is 23.3 Å². The second-order valence-corrected chi connectivity index (χ2v) is 11.3. The lowest BCUT2D eigenvalue weighted by Crippen LogP contribution is -2.47. The molecule has 1 aromatic heterocycles. The number of hydrogen-bond acceptors (Lipinski definition) is 5. The van der Waals surface area contributed by atoms with Crippen LogP contribution >= 0.6 is 11.3 Å². The van der Waals surface area contributed by atoms with Crippen molar-refractivity contribution in [2.45, 2.75) is 72.6 Å². The van der Waals surface area contributed by atoms with Gasteiger partial charge in [-0.2, -0.15) is 5.06 Å². The summed E-state index contributed by atoms with van der Waals surface area (Å²) in [5.74, 6) is 2.37. The van der Waals surface area contributed by atoms with E-state index in [1.54, 1.807) is 6.61 Å². The van der Waals surface area contributed by atoms with Gasteiger partial charge in [-0.25, -0.2) is 4.98 Å². The Balaban J connectivity index is 1.42. The first-order chi connectivity index (χ1) is 13.3. The maximum atomic E-state index is 5.52. The van der Waals surface area contributed by atoms with E-state index in [-0.39, 0.29) is 0 Å². The number of anilines is 1. The van der Waals surface area contributed by atoms with Gasteiger partial charge in [0.1, 0.15) is 6.61 Å². The van der Waals surface area contributed by atoms with E-state index in [4.69, 9.17) is 9.82 Å². The maximum absolute atomic E-state index is 5.52. The number of aromatic nitrogens is 1. The summed E-state index contributed by atoms with van der Waals surface area (Å²) < 4.78 is 0. The van der Waals surface area contributed by atoms with Gasteiger partial charge in [0.2, 0.25) is 0 Å². The zero-order chi connectivity index (χ0) is 19.9. The Morgan fingerprint density at radius 1 is 1.04 bits per heavy atom. The molecule has 5 heteroatoms. The van der Waals surface area contributed by atoms with Gasteiger partial charge < -0.3 is 4.90 Å². The van der Waals surface area contributed by atoms with Crippen molar-refractivity contribution >= 4 is 16.5 Å². The molecule has 4 rings (SSSR count). The summed E-state index contributed by atoms with van der Waals surface area (Å²) in [6.07, 6.45) is 6.79. The van der Waals surface area contributed by atoms with E-state index in [0.29, 0.717) is 16.7 Å². The largest absolute Gasteiger partial charge is 0.345 e. The molecule has 0 aromatic carbocycles. The summed E-state index contributed by atoms with van der Waals surface area (Å²) in [6.45, 7) is 17.6. The number of fused-ring (bicyclic) bond motifs is 1. The van der Waals surface area contributed by atoms with Gasteiger partial charge in [-0.1, -0.05) is 27.7 Å². The van der Waals surface area contributed by atoms with Crippen molar-refractivity contribution < 1.29 is 4.84 Å². The lowest BCUT2D eigenvalue weighted by molar-refractivity contribution is -0.127. The molecule has 1 radical (unpaired) electrons. The zero-order valence-electron chi connectivity index (χ0n) is 18.4. The molecule has 0 spiro atoms. The Hall–Kier alpha value is -0.650. The molecule has 1 aromatic rings. The molecule has 3 unspecified atom stereocenters. The molecular formula is C23H38N3OS. The van der Waals surface area contributed by atoms with Gasteiger partial charge in [0.05, 0.1) is 5.69 Å². The Labute approximate surface area is 175 Å². The van der Waals surface area contributed by atoms with Gasteiger partial charge in [-0.3, -0.25) is 4.84 Å². The summed E-state index contributed by atoms with van der Waals surface area (Å²) in [5.41, 5.74) is 2.35. The average Bonchev–Trinajstić information content (AvgIpc) is 3.16. The first kappa shape index (κ1) is 20.6. The van der Waals surface area contributed by atoms with Crippen LogP contribution in [0.25, 0.3) is 0 Å². The predicted molar refractivity (Wildman–Crippen MR) is 117 cm³/mol. The van der Waals surface area contributed by atoms with Crippen LogP contribution in [0.1, 0.15) is 78.3 Å². The van der Waals surface area contributed by atoms with Crippen molar-refractivity contribution in [3.63, 3.8) is 0 Å². The molecular weight excluding hydrogens is 366 g/mol. The molecule has 2 aliphatic carbocycles. The standard InChI is InChI=1S/C23H38N3OS/c1-6-27-26-13-11-25(12-14-26)21-24-20(16-28-21)17-7-8-18-19(15-17)23(4,5)10-9-22(18,2)3/h6,16-19H,7-15H2,1-5H3. The monoisotopic (exact) mass is 404 g/mol. The third kappa shape index (κ3) is 3.99. The highest BCUT2D eigenvalue weighted by Crippen LogP contribution is 2.59. The SMILES string of the molecule is C[CH]ON1CCN(c2nc(C3CCC4C(C3)C(C)(C)CCC4(C)C)cs2)CC1. The molecule has 2 heterocycles. The third-order valence-electron chi connectivity index (χ3n) is 7.96. The van der Waals surface area contributed by atoms with Crippen molar-refractivity contribution in [2.75, 3.05) is 31.1 Å². The Morgan fingerprint density at radius 2 is 1.71 bits per heavy atom. The molecule has 3 atom stereocenters. The number of hydroxylamine groups is 2. The molecule has 4 nitrogen and oxygen atoms in total. The molecule has 0 N–H and O–H groups in total. The molecule has 1 saturated heterocycles. The van der Waals surface area contributed by atoms with Gasteiger partial charge in [0, 0.05) is 37.5 Å². The van der Waals surface area contributed by atoms with Gasteiger partial charge >= 0.3 is 0 Å². The van der Waals surface area contributed by atoms with Crippen LogP contribution in [0.5, 0.6) is 0 Å². The van der Waals surface area contributed by atoms with Crippen LogP contribution in [0.15, 0.2) is 5.38 Å². The molecule has 0 bridgehead atoms. The predicted octanol–water partition coefficient (Wildman–Crippen LogP) is 5.72. The molecule has 157 valence electrons. The third-order valence-corrected chi connectivity index (χ3v) is 8.88. The molecule has 0 amide bonds. The van der Waals surface area contributed by atoms with E-state index in [0.717, 1.165) is 38.0 Å². The van der Waals surface area contributed by atoms with Crippen LogP contribution in [0.2, 0.25) is 0 Å². The second-order valence-electron chi connectivity index (χ2n) is 10.5. The van der Waals surface area contributed by atoms with E-state index < -0.39 is 0 Å². The van der Waals surface area contributed by atoms with Crippen LogP contribution in [-0.2, 0) is 4.84 Å². The number of hydrogen-bond donors (Lipinski definition) is 0. The summed E-state index contributed by atoms with van der Waals surface area (Å²) >= 11 is 1.84. The minimum absolute atomic E-state index is 0.477. The molecule has 28 heavy (non-hydrogen) atoms. The number of nitrogens with zero attached hydrogens (tertiary/aromatic N) is 3. The minimum atomic E-state index is 0.477. The highest BCUT2D eigenvalue weighted by Gasteiger charge is 2.50. The van der Waals surface area contributed by atoms with Gasteiger partial charge in [0.25, 0.3) is 0 Å².